The first kappa shape index (κ1) is 22.6. The van der Waals surface area contributed by atoms with Gasteiger partial charge < -0.3 is 21.9 Å². The van der Waals surface area contributed by atoms with E-state index in [1.165, 1.54) is 0 Å². The van der Waals surface area contributed by atoms with Gasteiger partial charge in [0.15, 0.2) is 5.69 Å². The summed E-state index contributed by atoms with van der Waals surface area (Å²) in [7, 11) is 0. The van der Waals surface area contributed by atoms with Gasteiger partial charge in [-0.2, -0.15) is 5.10 Å². The van der Waals surface area contributed by atoms with Gasteiger partial charge in [-0.3, -0.25) is 9.89 Å². The van der Waals surface area contributed by atoms with Gasteiger partial charge in [0.05, 0.1) is 40.9 Å². The number of amides is 1. The number of nitrogens with one attached hydrogen (secondary N) is 2. The highest BCUT2D eigenvalue weighted by molar-refractivity contribution is 6.05. The third kappa shape index (κ3) is 3.83. The van der Waals surface area contributed by atoms with Crippen molar-refractivity contribution in [2.24, 2.45) is 5.73 Å². The Hall–Kier alpha value is -4.83. The van der Waals surface area contributed by atoms with Crippen LogP contribution in [0.2, 0.25) is 0 Å². The molecule has 0 fully saturated rings. The Balaban J connectivity index is 1.45. The minimum absolute atomic E-state index is 0.0411. The number of aliphatic hydroxyl groups is 1. The van der Waals surface area contributed by atoms with E-state index >= 15 is 0 Å². The van der Waals surface area contributed by atoms with E-state index in [9.17, 15) is 9.90 Å². The third-order valence-corrected chi connectivity index (χ3v) is 6.80. The number of carbonyl (C=O) groups is 1. The van der Waals surface area contributed by atoms with Crippen molar-refractivity contribution >= 4 is 28.4 Å². The smallest absolute Gasteiger partial charge is 0.269 e. The number of nitrogens with zero attached hydrogens (tertiary/aromatic N) is 4. The van der Waals surface area contributed by atoms with Gasteiger partial charge in [-0.25, -0.2) is 15.0 Å². The molecule has 0 saturated heterocycles. The zero-order chi connectivity index (χ0) is 25.7. The Morgan fingerprint density at radius 1 is 1.14 bits per heavy atom. The predicted molar refractivity (Wildman–Crippen MR) is 141 cm³/mol. The minimum atomic E-state index is -0.740. The lowest BCUT2D eigenvalue weighted by Crippen LogP contribution is -2.22. The highest BCUT2D eigenvalue weighted by Gasteiger charge is 2.31. The van der Waals surface area contributed by atoms with E-state index in [2.05, 4.69) is 30.5 Å². The van der Waals surface area contributed by atoms with Gasteiger partial charge in [-0.05, 0) is 47.4 Å². The van der Waals surface area contributed by atoms with Crippen molar-refractivity contribution in [2.45, 2.75) is 25.5 Å². The fourth-order valence-corrected chi connectivity index (χ4v) is 5.02. The number of hydrogen-bond acceptors (Lipinski definition) is 8. The number of aromatic nitrogens is 5. The molecule has 5 aromatic rings. The van der Waals surface area contributed by atoms with Crippen molar-refractivity contribution in [2.75, 3.05) is 11.1 Å². The molecule has 10 heteroatoms. The number of aryl methyl sites for hydroxylation is 1. The van der Waals surface area contributed by atoms with E-state index in [0.29, 0.717) is 29.3 Å². The van der Waals surface area contributed by atoms with E-state index in [1.54, 1.807) is 24.5 Å². The van der Waals surface area contributed by atoms with Crippen LogP contribution in [0.1, 0.15) is 33.2 Å². The first-order valence-corrected chi connectivity index (χ1v) is 11.8. The van der Waals surface area contributed by atoms with Crippen LogP contribution in [0, 0.1) is 6.92 Å². The highest BCUT2D eigenvalue weighted by Crippen LogP contribution is 2.38. The molecule has 0 radical (unpaired) electrons. The van der Waals surface area contributed by atoms with Crippen LogP contribution < -0.4 is 16.8 Å². The summed E-state index contributed by atoms with van der Waals surface area (Å²) in [5.41, 5.74) is 18.4. The number of aromatic amines is 1. The van der Waals surface area contributed by atoms with Crippen LogP contribution in [-0.4, -0.2) is 42.3 Å². The van der Waals surface area contributed by atoms with Crippen molar-refractivity contribution in [3.05, 3.63) is 83.3 Å². The van der Waals surface area contributed by atoms with Crippen molar-refractivity contribution in [1.29, 1.82) is 0 Å². The van der Waals surface area contributed by atoms with E-state index in [4.69, 9.17) is 11.5 Å². The standard InChI is InChI=1S/C27H24N8O2/c1-13-6-7-18-17(12-31-35-18)22(13)16-11-20(32-25(23(16)28)26(29)37)19-8-9-30-27(33-19)34-24-15-5-3-2-4-14(15)10-21(24)36/h2-9,11-12,21,24,36H,10,28H2,1H3,(H2,29,37)(H,31,35)(H,30,33,34)/t21-,24+/m1/s1. The number of primary amides is 1. The molecule has 0 aliphatic heterocycles. The maximum Gasteiger partial charge on any atom is 0.269 e. The molecule has 2 atom stereocenters. The summed E-state index contributed by atoms with van der Waals surface area (Å²) in [6.07, 6.45) is 3.27. The molecule has 6 rings (SSSR count). The molecule has 7 N–H and O–H groups in total. The summed E-state index contributed by atoms with van der Waals surface area (Å²) < 4.78 is 0. The second-order valence-corrected chi connectivity index (χ2v) is 9.13. The lowest BCUT2D eigenvalue weighted by Gasteiger charge is -2.18. The zero-order valence-corrected chi connectivity index (χ0v) is 19.9. The number of benzene rings is 2. The number of nitrogen functional groups attached to an aromatic ring is 1. The Morgan fingerprint density at radius 3 is 2.81 bits per heavy atom. The van der Waals surface area contributed by atoms with E-state index in [0.717, 1.165) is 33.2 Å². The lowest BCUT2D eigenvalue weighted by molar-refractivity contribution is 0.0996. The molecule has 37 heavy (non-hydrogen) atoms. The quantitative estimate of drug-likeness (QED) is 0.249. The van der Waals surface area contributed by atoms with Gasteiger partial charge >= 0.3 is 0 Å². The molecule has 2 aromatic carbocycles. The van der Waals surface area contributed by atoms with Crippen LogP contribution in [0.5, 0.6) is 0 Å². The van der Waals surface area contributed by atoms with Crippen LogP contribution in [0.25, 0.3) is 33.4 Å². The Labute approximate surface area is 211 Å². The average Bonchev–Trinajstić information content (AvgIpc) is 3.49. The molecule has 3 heterocycles. The number of anilines is 2. The number of carbonyl (C=O) groups excluding carboxylic acids is 1. The lowest BCUT2D eigenvalue weighted by atomic mass is 9.94. The monoisotopic (exact) mass is 492 g/mol. The van der Waals surface area contributed by atoms with Crippen LogP contribution in [0.3, 0.4) is 0 Å². The molecule has 184 valence electrons. The summed E-state index contributed by atoms with van der Waals surface area (Å²) in [5.74, 6) is -0.414. The van der Waals surface area contributed by atoms with Gasteiger partial charge in [0, 0.05) is 23.6 Å². The van der Waals surface area contributed by atoms with Gasteiger partial charge in [0.2, 0.25) is 5.95 Å². The number of nitrogens with two attached hydrogens (primary N) is 2. The van der Waals surface area contributed by atoms with E-state index in [-0.39, 0.29) is 17.4 Å². The number of pyridine rings is 1. The first-order valence-electron chi connectivity index (χ1n) is 11.8. The van der Waals surface area contributed by atoms with Gasteiger partial charge in [-0.15, -0.1) is 0 Å². The molecule has 0 spiro atoms. The Morgan fingerprint density at radius 2 is 1.97 bits per heavy atom. The van der Waals surface area contributed by atoms with Gasteiger partial charge in [-0.1, -0.05) is 30.3 Å². The first-order chi connectivity index (χ1) is 17.9. The van der Waals surface area contributed by atoms with Gasteiger partial charge in [0.25, 0.3) is 5.91 Å². The predicted octanol–water partition coefficient (Wildman–Crippen LogP) is 3.14. The second kappa shape index (κ2) is 8.68. The van der Waals surface area contributed by atoms with Crippen molar-refractivity contribution < 1.29 is 9.90 Å². The number of aliphatic hydroxyl groups excluding tert-OH is 1. The maximum absolute atomic E-state index is 12.3. The molecule has 0 saturated carbocycles. The molecule has 1 aliphatic rings. The topological polar surface area (TPSA) is 169 Å². The Bertz CT molecular complexity index is 1680. The van der Waals surface area contributed by atoms with E-state index < -0.39 is 12.0 Å². The van der Waals surface area contributed by atoms with Crippen LogP contribution in [0.4, 0.5) is 11.6 Å². The highest BCUT2D eigenvalue weighted by atomic mass is 16.3. The van der Waals surface area contributed by atoms with Crippen LogP contribution >= 0.6 is 0 Å². The van der Waals surface area contributed by atoms with E-state index in [1.807, 2.05) is 43.3 Å². The summed E-state index contributed by atoms with van der Waals surface area (Å²) in [6, 6.07) is 14.9. The fraction of sp³-hybridized carbons (Fsp3) is 0.148. The number of fused-ring (bicyclic) bond motifs is 2. The number of rotatable bonds is 5. The molecule has 1 amide bonds. The number of hydrogen-bond donors (Lipinski definition) is 5. The zero-order valence-electron chi connectivity index (χ0n) is 19.9. The van der Waals surface area contributed by atoms with Crippen molar-refractivity contribution in [1.82, 2.24) is 25.1 Å². The largest absolute Gasteiger partial charge is 0.396 e. The van der Waals surface area contributed by atoms with Crippen molar-refractivity contribution in [3.8, 4) is 22.5 Å². The molecular formula is C27H24N8O2. The van der Waals surface area contributed by atoms with Crippen LogP contribution in [-0.2, 0) is 6.42 Å². The minimum Gasteiger partial charge on any atom is -0.396 e. The summed E-state index contributed by atoms with van der Waals surface area (Å²) in [6.45, 7) is 1.96. The molecule has 0 unspecified atom stereocenters. The molecular weight excluding hydrogens is 468 g/mol. The SMILES string of the molecule is Cc1ccc2[nH]ncc2c1-c1cc(-c2ccnc(N[C@H]3c4ccccc4C[C@H]3O)n2)nc(C(N)=O)c1N. The van der Waals surface area contributed by atoms with Gasteiger partial charge in [0.1, 0.15) is 0 Å². The molecule has 3 aromatic heterocycles. The summed E-state index contributed by atoms with van der Waals surface area (Å²) >= 11 is 0. The van der Waals surface area contributed by atoms with Crippen molar-refractivity contribution in [3.63, 3.8) is 0 Å². The Kier molecular flexibility index (Phi) is 5.31. The molecule has 1 aliphatic carbocycles. The fourth-order valence-electron chi connectivity index (χ4n) is 5.02. The molecule has 0 bridgehead atoms. The maximum atomic E-state index is 12.3. The van der Waals surface area contributed by atoms with Crippen LogP contribution in [0.15, 0.2) is 60.9 Å². The molecule has 10 nitrogen and oxygen atoms in total. The third-order valence-electron chi connectivity index (χ3n) is 6.80. The number of H-pyrrole nitrogens is 1. The normalized spacial score (nSPS) is 16.6. The average molecular weight is 493 g/mol. The summed E-state index contributed by atoms with van der Waals surface area (Å²) in [5, 5.41) is 21.9. The second-order valence-electron chi connectivity index (χ2n) is 9.13. The summed E-state index contributed by atoms with van der Waals surface area (Å²) in [4.78, 5) is 25.8.